The molecule has 0 aliphatic heterocycles. The van der Waals surface area contributed by atoms with Crippen molar-refractivity contribution in [2.75, 3.05) is 6.54 Å². The van der Waals surface area contributed by atoms with Crippen molar-refractivity contribution in [3.63, 3.8) is 0 Å². The second-order valence-corrected chi connectivity index (χ2v) is 4.37. The summed E-state index contributed by atoms with van der Waals surface area (Å²) >= 11 is 0. The second-order valence-electron chi connectivity index (χ2n) is 4.37. The highest BCUT2D eigenvalue weighted by Gasteiger charge is 2.00. The van der Waals surface area contributed by atoms with Gasteiger partial charge in [0, 0.05) is 31.7 Å². The van der Waals surface area contributed by atoms with Crippen molar-refractivity contribution in [3.05, 3.63) is 30.6 Å². The third-order valence-corrected chi connectivity index (χ3v) is 2.84. The number of rotatable bonds is 8. The van der Waals surface area contributed by atoms with E-state index in [0.29, 0.717) is 0 Å². The molecule has 6 heteroatoms. The molecular weight excluding hydrogens is 228 g/mol. The molecule has 0 aromatic carbocycles. The number of aromatic nitrogens is 5. The molecule has 0 aliphatic carbocycles. The van der Waals surface area contributed by atoms with Gasteiger partial charge in [-0.25, -0.2) is 4.98 Å². The highest BCUT2D eigenvalue weighted by molar-refractivity contribution is 4.92. The van der Waals surface area contributed by atoms with Gasteiger partial charge in [-0.05, 0) is 32.2 Å². The fourth-order valence-corrected chi connectivity index (χ4v) is 1.85. The molecule has 0 fully saturated rings. The highest BCUT2D eigenvalue weighted by atomic mass is 15.4. The fraction of sp³-hybridized carbons (Fsp3) is 0.583. The predicted molar refractivity (Wildman–Crippen MR) is 68.9 cm³/mol. The van der Waals surface area contributed by atoms with Crippen molar-refractivity contribution in [1.29, 1.82) is 0 Å². The Hall–Kier alpha value is -1.69. The molecule has 0 spiro atoms. The van der Waals surface area contributed by atoms with Gasteiger partial charge in [-0.15, -0.1) is 5.10 Å². The highest BCUT2D eigenvalue weighted by Crippen LogP contribution is 2.01. The molecule has 0 saturated heterocycles. The Morgan fingerprint density at radius 2 is 2.11 bits per heavy atom. The van der Waals surface area contributed by atoms with Crippen molar-refractivity contribution >= 4 is 0 Å². The van der Waals surface area contributed by atoms with E-state index in [0.717, 1.165) is 51.0 Å². The lowest BCUT2D eigenvalue weighted by Gasteiger charge is -2.01. The SMILES string of the molecule is NCCCCc1cn(CCCn2ccnc2)nn1. The van der Waals surface area contributed by atoms with Crippen LogP contribution < -0.4 is 5.73 Å². The van der Waals surface area contributed by atoms with Crippen molar-refractivity contribution < 1.29 is 0 Å². The molecule has 0 saturated carbocycles. The number of hydrogen-bond donors (Lipinski definition) is 1. The summed E-state index contributed by atoms with van der Waals surface area (Å²) in [5, 5.41) is 8.28. The molecule has 2 rings (SSSR count). The zero-order valence-corrected chi connectivity index (χ0v) is 10.6. The number of imidazole rings is 1. The summed E-state index contributed by atoms with van der Waals surface area (Å²) in [7, 11) is 0. The minimum absolute atomic E-state index is 0.749. The molecule has 0 unspecified atom stereocenters. The van der Waals surface area contributed by atoms with E-state index in [9.17, 15) is 0 Å². The third-order valence-electron chi connectivity index (χ3n) is 2.84. The molecule has 6 nitrogen and oxygen atoms in total. The maximum absolute atomic E-state index is 5.46. The number of nitrogens with zero attached hydrogens (tertiary/aromatic N) is 5. The molecular formula is C12H20N6. The normalized spacial score (nSPS) is 10.9. The fourth-order valence-electron chi connectivity index (χ4n) is 1.85. The van der Waals surface area contributed by atoms with Gasteiger partial charge >= 0.3 is 0 Å². The van der Waals surface area contributed by atoms with Crippen LogP contribution in [0.15, 0.2) is 24.9 Å². The molecule has 0 bridgehead atoms. The maximum atomic E-state index is 5.46. The number of unbranched alkanes of at least 4 members (excludes halogenated alkanes) is 1. The average molecular weight is 248 g/mol. The first-order valence-electron chi connectivity index (χ1n) is 6.43. The van der Waals surface area contributed by atoms with E-state index >= 15 is 0 Å². The van der Waals surface area contributed by atoms with Crippen molar-refractivity contribution in [3.8, 4) is 0 Å². The molecule has 2 aromatic rings. The van der Waals surface area contributed by atoms with E-state index in [2.05, 4.69) is 19.9 Å². The number of nitrogens with two attached hydrogens (primary N) is 1. The van der Waals surface area contributed by atoms with Gasteiger partial charge in [0.1, 0.15) is 0 Å². The Labute approximate surface area is 107 Å². The number of aryl methyl sites for hydroxylation is 3. The predicted octanol–water partition coefficient (Wildman–Crippen LogP) is 0.846. The maximum Gasteiger partial charge on any atom is 0.0945 e. The van der Waals surface area contributed by atoms with Crippen LogP contribution in [-0.4, -0.2) is 31.1 Å². The Kier molecular flexibility index (Phi) is 4.89. The monoisotopic (exact) mass is 248 g/mol. The van der Waals surface area contributed by atoms with Gasteiger partial charge in [-0.1, -0.05) is 5.21 Å². The lowest BCUT2D eigenvalue weighted by atomic mass is 10.2. The van der Waals surface area contributed by atoms with Crippen molar-refractivity contribution in [2.45, 2.75) is 38.8 Å². The van der Waals surface area contributed by atoms with Gasteiger partial charge in [0.05, 0.1) is 12.0 Å². The van der Waals surface area contributed by atoms with Gasteiger partial charge in [0.25, 0.3) is 0 Å². The Morgan fingerprint density at radius 1 is 1.17 bits per heavy atom. The van der Waals surface area contributed by atoms with Crippen LogP contribution in [0.5, 0.6) is 0 Å². The van der Waals surface area contributed by atoms with E-state index in [1.165, 1.54) is 0 Å². The largest absolute Gasteiger partial charge is 0.337 e. The minimum atomic E-state index is 0.749. The third kappa shape index (κ3) is 3.96. The summed E-state index contributed by atoms with van der Waals surface area (Å²) in [5.74, 6) is 0. The quantitative estimate of drug-likeness (QED) is 0.703. The van der Waals surface area contributed by atoms with E-state index in [1.54, 1.807) is 6.20 Å². The summed E-state index contributed by atoms with van der Waals surface area (Å²) < 4.78 is 3.98. The van der Waals surface area contributed by atoms with Gasteiger partial charge < -0.3 is 10.3 Å². The van der Waals surface area contributed by atoms with Gasteiger partial charge in [-0.3, -0.25) is 4.68 Å². The molecule has 2 N–H and O–H groups in total. The van der Waals surface area contributed by atoms with E-state index in [1.807, 2.05) is 23.4 Å². The second kappa shape index (κ2) is 6.90. The summed E-state index contributed by atoms with van der Waals surface area (Å²) in [6.45, 7) is 2.60. The summed E-state index contributed by atoms with van der Waals surface area (Å²) in [4.78, 5) is 4.01. The standard InChI is InChI=1S/C12H20N6/c13-5-2-1-4-12-10-18(16-15-12)8-3-7-17-9-6-14-11-17/h6,9-11H,1-5,7-8,13H2. The van der Waals surface area contributed by atoms with Crippen LogP contribution >= 0.6 is 0 Å². The first-order valence-corrected chi connectivity index (χ1v) is 6.43. The van der Waals surface area contributed by atoms with Gasteiger partial charge in [-0.2, -0.15) is 0 Å². The van der Waals surface area contributed by atoms with Crippen molar-refractivity contribution in [2.24, 2.45) is 5.73 Å². The smallest absolute Gasteiger partial charge is 0.0945 e. The zero-order valence-electron chi connectivity index (χ0n) is 10.6. The first kappa shape index (κ1) is 12.8. The Morgan fingerprint density at radius 3 is 2.89 bits per heavy atom. The first-order chi connectivity index (χ1) is 8.88. The topological polar surface area (TPSA) is 74.5 Å². The van der Waals surface area contributed by atoms with E-state index in [4.69, 9.17) is 5.73 Å². The number of hydrogen-bond acceptors (Lipinski definition) is 4. The van der Waals surface area contributed by atoms with Crippen LogP contribution in [0.4, 0.5) is 0 Å². The molecule has 0 atom stereocenters. The Balaban J connectivity index is 1.69. The molecule has 98 valence electrons. The lowest BCUT2D eigenvalue weighted by molar-refractivity contribution is 0.514. The zero-order chi connectivity index (χ0) is 12.6. The molecule has 0 radical (unpaired) electrons. The van der Waals surface area contributed by atoms with Crippen LogP contribution in [0.3, 0.4) is 0 Å². The van der Waals surface area contributed by atoms with Crippen LogP contribution in [0, 0.1) is 0 Å². The summed E-state index contributed by atoms with van der Waals surface area (Å²) in [6.07, 6.45) is 11.8. The van der Waals surface area contributed by atoms with Crippen LogP contribution in [0.2, 0.25) is 0 Å². The van der Waals surface area contributed by atoms with Gasteiger partial charge in [0.15, 0.2) is 0 Å². The molecule has 18 heavy (non-hydrogen) atoms. The minimum Gasteiger partial charge on any atom is -0.337 e. The molecule has 2 aromatic heterocycles. The summed E-state index contributed by atoms with van der Waals surface area (Å²) in [5.41, 5.74) is 6.52. The van der Waals surface area contributed by atoms with Crippen molar-refractivity contribution in [1.82, 2.24) is 24.5 Å². The molecule has 2 heterocycles. The molecule has 0 aliphatic rings. The summed E-state index contributed by atoms with van der Waals surface area (Å²) in [6, 6.07) is 0. The van der Waals surface area contributed by atoms with Crippen LogP contribution in [0.25, 0.3) is 0 Å². The lowest BCUT2D eigenvalue weighted by Crippen LogP contribution is -2.03. The average Bonchev–Trinajstić information content (AvgIpc) is 3.01. The van der Waals surface area contributed by atoms with Crippen LogP contribution in [-0.2, 0) is 19.5 Å². The van der Waals surface area contributed by atoms with Crippen LogP contribution in [0.1, 0.15) is 25.0 Å². The van der Waals surface area contributed by atoms with E-state index in [-0.39, 0.29) is 0 Å². The molecule has 0 amide bonds. The van der Waals surface area contributed by atoms with E-state index < -0.39 is 0 Å². The Bertz CT molecular complexity index is 433. The van der Waals surface area contributed by atoms with Gasteiger partial charge in [0.2, 0.25) is 0 Å².